The van der Waals surface area contributed by atoms with E-state index in [0.717, 1.165) is 36.1 Å². The van der Waals surface area contributed by atoms with Crippen molar-refractivity contribution >= 4 is 27.3 Å². The number of hydrogen-bond acceptors (Lipinski definition) is 4. The summed E-state index contributed by atoms with van der Waals surface area (Å²) < 4.78 is 46.4. The molecule has 32 heavy (non-hydrogen) atoms. The molecule has 1 aliphatic heterocycles. The zero-order valence-corrected chi connectivity index (χ0v) is 19.7. The van der Waals surface area contributed by atoms with E-state index in [-0.39, 0.29) is 30.1 Å². The minimum atomic E-state index is -3.32. The van der Waals surface area contributed by atoms with Gasteiger partial charge in [-0.05, 0) is 61.1 Å². The van der Waals surface area contributed by atoms with Crippen LogP contribution in [-0.4, -0.2) is 39.6 Å². The molecule has 2 aromatic rings. The van der Waals surface area contributed by atoms with Crippen LogP contribution in [0.3, 0.4) is 0 Å². The lowest BCUT2D eigenvalue weighted by Crippen LogP contribution is -2.44. The van der Waals surface area contributed by atoms with Crippen molar-refractivity contribution in [2.24, 2.45) is 4.99 Å². The van der Waals surface area contributed by atoms with E-state index in [4.69, 9.17) is 21.3 Å². The van der Waals surface area contributed by atoms with Crippen molar-refractivity contribution in [2.45, 2.75) is 44.4 Å². The van der Waals surface area contributed by atoms with Crippen LogP contribution in [0.15, 0.2) is 41.4 Å². The first kappa shape index (κ1) is 23.2. The molecule has 1 saturated carbocycles. The molecule has 1 aliphatic carbocycles. The summed E-state index contributed by atoms with van der Waals surface area (Å²) in [7, 11) is -3.32. The molecule has 5 nitrogen and oxygen atoms in total. The number of benzene rings is 2. The van der Waals surface area contributed by atoms with E-state index in [2.05, 4.69) is 16.9 Å². The summed E-state index contributed by atoms with van der Waals surface area (Å²) in [4.78, 5) is 4.90. The third-order valence-electron chi connectivity index (χ3n) is 6.28. The minimum Gasteiger partial charge on any atom is -0.489 e. The Labute approximate surface area is 194 Å². The lowest BCUT2D eigenvalue weighted by Gasteiger charge is -2.45. The van der Waals surface area contributed by atoms with Crippen LogP contribution in [0.2, 0.25) is 5.02 Å². The van der Waals surface area contributed by atoms with E-state index in [0.29, 0.717) is 24.4 Å². The molecule has 0 amide bonds. The summed E-state index contributed by atoms with van der Waals surface area (Å²) in [6.45, 7) is 2.58. The Kier molecular flexibility index (Phi) is 6.89. The summed E-state index contributed by atoms with van der Waals surface area (Å²) in [6.07, 6.45) is 4.30. The van der Waals surface area contributed by atoms with Crippen molar-refractivity contribution in [3.8, 4) is 5.75 Å². The lowest BCUT2D eigenvalue weighted by molar-refractivity contribution is 0.305. The summed E-state index contributed by atoms with van der Waals surface area (Å²) in [6, 6.07) is 11.2. The Hall–Kier alpha value is -1.96. The number of sulfonamides is 1. The van der Waals surface area contributed by atoms with E-state index in [1.54, 1.807) is 13.0 Å². The number of rotatable bonds is 9. The molecule has 0 spiro atoms. The van der Waals surface area contributed by atoms with E-state index < -0.39 is 15.8 Å². The molecule has 2 aliphatic rings. The van der Waals surface area contributed by atoms with Crippen LogP contribution in [0.4, 0.5) is 4.39 Å². The van der Waals surface area contributed by atoms with Crippen LogP contribution in [0.1, 0.15) is 49.3 Å². The van der Waals surface area contributed by atoms with Crippen molar-refractivity contribution in [3.63, 3.8) is 0 Å². The molecule has 172 valence electrons. The summed E-state index contributed by atoms with van der Waals surface area (Å²) in [5, 5.41) is 0.696. The smallest absolute Gasteiger partial charge is 0.211 e. The molecule has 0 bridgehead atoms. The number of aliphatic imine (C=N–C) groups is 1. The fourth-order valence-corrected chi connectivity index (χ4v) is 5.78. The van der Waals surface area contributed by atoms with E-state index in [1.807, 2.05) is 12.1 Å². The highest BCUT2D eigenvalue weighted by Crippen LogP contribution is 2.48. The standard InChI is InChI=1S/C24H28ClFN2O3S/c1-2-14-32(29,30)28-12-13-31-22-16-20-17(15-21(22)26)8-11-27-23(20)24(9-3-10-24)18-4-6-19(25)7-5-18/h4-7,15-16,28H,2-3,8-14H2,1H3. The van der Waals surface area contributed by atoms with Crippen LogP contribution >= 0.6 is 11.6 Å². The maximum atomic E-state index is 14.7. The number of halogens is 2. The van der Waals surface area contributed by atoms with Crippen molar-refractivity contribution in [1.29, 1.82) is 0 Å². The van der Waals surface area contributed by atoms with Gasteiger partial charge >= 0.3 is 0 Å². The zero-order valence-electron chi connectivity index (χ0n) is 18.2. The monoisotopic (exact) mass is 478 g/mol. The zero-order chi connectivity index (χ0) is 22.8. The number of nitrogens with one attached hydrogen (secondary N) is 1. The number of hydrogen-bond donors (Lipinski definition) is 1. The molecule has 0 radical (unpaired) electrons. The highest BCUT2D eigenvalue weighted by molar-refractivity contribution is 7.89. The topological polar surface area (TPSA) is 67.8 Å². The molecular weight excluding hydrogens is 451 g/mol. The van der Waals surface area contributed by atoms with Crippen LogP contribution < -0.4 is 9.46 Å². The fraction of sp³-hybridized carbons (Fsp3) is 0.458. The van der Waals surface area contributed by atoms with Crippen LogP contribution in [0, 0.1) is 5.82 Å². The summed E-state index contributed by atoms with van der Waals surface area (Å²) in [5.41, 5.74) is 3.83. The fourth-order valence-electron chi connectivity index (χ4n) is 4.58. The second kappa shape index (κ2) is 9.49. The van der Waals surface area contributed by atoms with Gasteiger partial charge in [0, 0.05) is 29.1 Å². The maximum absolute atomic E-state index is 14.7. The number of fused-ring (bicyclic) bond motifs is 1. The molecule has 0 saturated heterocycles. The molecule has 0 atom stereocenters. The van der Waals surface area contributed by atoms with Crippen molar-refractivity contribution in [1.82, 2.24) is 4.72 Å². The van der Waals surface area contributed by atoms with Crippen LogP contribution in [-0.2, 0) is 21.9 Å². The van der Waals surface area contributed by atoms with E-state index in [9.17, 15) is 12.8 Å². The Bertz CT molecular complexity index is 1110. The number of nitrogens with zero attached hydrogens (tertiary/aromatic N) is 1. The van der Waals surface area contributed by atoms with Gasteiger partial charge in [0.05, 0.1) is 11.5 Å². The molecule has 8 heteroatoms. The second-order valence-corrected chi connectivity index (χ2v) is 10.8. The van der Waals surface area contributed by atoms with Gasteiger partial charge in [0.15, 0.2) is 11.6 Å². The van der Waals surface area contributed by atoms with Crippen LogP contribution in [0.5, 0.6) is 5.75 Å². The lowest BCUT2D eigenvalue weighted by atomic mass is 9.59. The van der Waals surface area contributed by atoms with Crippen molar-refractivity contribution in [3.05, 3.63) is 63.9 Å². The molecular formula is C24H28ClFN2O3S. The first-order valence-electron chi connectivity index (χ1n) is 11.1. The highest BCUT2D eigenvalue weighted by Gasteiger charge is 2.45. The molecule has 4 rings (SSSR count). The molecule has 2 aromatic carbocycles. The minimum absolute atomic E-state index is 0.0491. The number of ether oxygens (including phenoxy) is 1. The predicted molar refractivity (Wildman–Crippen MR) is 126 cm³/mol. The Morgan fingerprint density at radius 1 is 1.22 bits per heavy atom. The average molecular weight is 479 g/mol. The first-order valence-corrected chi connectivity index (χ1v) is 13.1. The first-order chi connectivity index (χ1) is 15.3. The summed E-state index contributed by atoms with van der Waals surface area (Å²) >= 11 is 6.10. The molecule has 1 N–H and O–H groups in total. The van der Waals surface area contributed by atoms with Gasteiger partial charge in [-0.25, -0.2) is 17.5 Å². The highest BCUT2D eigenvalue weighted by atomic mass is 35.5. The van der Waals surface area contributed by atoms with Gasteiger partial charge < -0.3 is 4.74 Å². The molecule has 1 fully saturated rings. The SMILES string of the molecule is CCCS(=O)(=O)NCCOc1cc2c(cc1F)CCN=C2C1(c2ccc(Cl)cc2)CCC1. The van der Waals surface area contributed by atoms with Gasteiger partial charge in [0.1, 0.15) is 6.61 Å². The third kappa shape index (κ3) is 4.70. The Morgan fingerprint density at radius 3 is 2.62 bits per heavy atom. The van der Waals surface area contributed by atoms with Gasteiger partial charge in [0.2, 0.25) is 10.0 Å². The van der Waals surface area contributed by atoms with Crippen molar-refractivity contribution < 1.29 is 17.5 Å². The Morgan fingerprint density at radius 2 is 1.97 bits per heavy atom. The molecule has 0 aromatic heterocycles. The quantitative estimate of drug-likeness (QED) is 0.533. The second-order valence-electron chi connectivity index (χ2n) is 8.42. The van der Waals surface area contributed by atoms with Crippen molar-refractivity contribution in [2.75, 3.05) is 25.4 Å². The average Bonchev–Trinajstić information content (AvgIpc) is 2.72. The normalized spacial score (nSPS) is 17.3. The van der Waals surface area contributed by atoms with Crippen LogP contribution in [0.25, 0.3) is 0 Å². The largest absolute Gasteiger partial charge is 0.489 e. The van der Waals surface area contributed by atoms with E-state index >= 15 is 0 Å². The van der Waals surface area contributed by atoms with Gasteiger partial charge in [-0.3, -0.25) is 4.99 Å². The van der Waals surface area contributed by atoms with Gasteiger partial charge in [-0.2, -0.15) is 0 Å². The summed E-state index contributed by atoms with van der Waals surface area (Å²) in [5.74, 6) is -0.249. The maximum Gasteiger partial charge on any atom is 0.211 e. The van der Waals surface area contributed by atoms with E-state index in [1.165, 1.54) is 11.6 Å². The molecule has 0 unspecified atom stereocenters. The predicted octanol–water partition coefficient (Wildman–Crippen LogP) is 4.65. The van der Waals surface area contributed by atoms with Gasteiger partial charge in [-0.1, -0.05) is 37.1 Å². The van der Waals surface area contributed by atoms with Gasteiger partial charge in [0.25, 0.3) is 0 Å². The van der Waals surface area contributed by atoms with Gasteiger partial charge in [-0.15, -0.1) is 0 Å². The third-order valence-corrected chi connectivity index (χ3v) is 8.12. The Balaban J connectivity index is 1.57. The molecule has 1 heterocycles.